The molecule has 3 aromatic rings. The summed E-state index contributed by atoms with van der Waals surface area (Å²) in [5, 5.41) is 13.5. The summed E-state index contributed by atoms with van der Waals surface area (Å²) < 4.78 is 11.3. The van der Waals surface area contributed by atoms with Gasteiger partial charge in [0.1, 0.15) is 5.75 Å². The van der Waals surface area contributed by atoms with Crippen LogP contribution in [0, 0.1) is 23.7 Å². The minimum absolute atomic E-state index is 0.107. The van der Waals surface area contributed by atoms with Crippen LogP contribution in [0.2, 0.25) is 10.0 Å². The van der Waals surface area contributed by atoms with Gasteiger partial charge >= 0.3 is 0 Å². The van der Waals surface area contributed by atoms with Crippen molar-refractivity contribution >= 4 is 52.5 Å². The topological polar surface area (TPSA) is 125 Å². The molecule has 2 heterocycles. The Balaban J connectivity index is 1.49. The number of benzene rings is 3. The molecule has 7 rings (SSSR count). The fourth-order valence-electron chi connectivity index (χ4n) is 8.89. The van der Waals surface area contributed by atoms with Gasteiger partial charge in [0.2, 0.25) is 11.8 Å². The number of phenols is 1. The Labute approximate surface area is 306 Å². The second-order valence-electron chi connectivity index (χ2n) is 14.5. The van der Waals surface area contributed by atoms with E-state index in [9.17, 15) is 19.5 Å². The Morgan fingerprint density at radius 2 is 1.69 bits per heavy atom. The van der Waals surface area contributed by atoms with Crippen molar-refractivity contribution in [3.63, 3.8) is 0 Å². The number of ether oxygens (including phenoxy) is 2. The molecule has 2 aliphatic heterocycles. The standard InChI is InChI=1S/C39H39Cl2N3O7/c1-6-51-30-9-7-8-25(33(30)45)32-23-15-16-24-31(36(48)43(34(24)46)38(2,3)4)26(23)19-27-35(47)44(42-29-17-12-21(40)18-28(29)41)37(49)39(27,32)20-10-13-22(50-5)14-11-20/h7-15,17-18,24,26-27,31-32,42,45H,6,16,19H2,1-5H3/t24-,26+,27-,31-,32+,39+/m0/s1. The highest BCUT2D eigenvalue weighted by atomic mass is 35.5. The Bertz CT molecular complexity index is 1990. The number of aromatic hydroxyl groups is 1. The van der Waals surface area contributed by atoms with Crippen LogP contribution in [-0.4, -0.2) is 57.9 Å². The van der Waals surface area contributed by atoms with Crippen LogP contribution in [0.3, 0.4) is 0 Å². The van der Waals surface area contributed by atoms with E-state index >= 15 is 4.79 Å². The molecule has 2 saturated heterocycles. The van der Waals surface area contributed by atoms with Gasteiger partial charge in [0.25, 0.3) is 11.8 Å². The molecule has 0 aromatic heterocycles. The van der Waals surface area contributed by atoms with Crippen LogP contribution in [0.25, 0.3) is 0 Å². The highest BCUT2D eigenvalue weighted by Gasteiger charge is 2.71. The highest BCUT2D eigenvalue weighted by molar-refractivity contribution is 6.36. The number of fused-ring (bicyclic) bond motifs is 4. The molecule has 12 heteroatoms. The number of nitrogens with zero attached hydrogens (tertiary/aromatic N) is 2. The monoisotopic (exact) mass is 731 g/mol. The minimum Gasteiger partial charge on any atom is -0.504 e. The molecule has 4 amide bonds. The maximum absolute atomic E-state index is 15.4. The smallest absolute Gasteiger partial charge is 0.260 e. The summed E-state index contributed by atoms with van der Waals surface area (Å²) in [5.74, 6) is -4.94. The van der Waals surface area contributed by atoms with Crippen LogP contribution in [-0.2, 0) is 24.6 Å². The number of imide groups is 2. The summed E-state index contributed by atoms with van der Waals surface area (Å²) in [5.41, 5.74) is 2.52. The van der Waals surface area contributed by atoms with Crippen LogP contribution in [0.5, 0.6) is 17.2 Å². The normalized spacial score (nSPS) is 27.2. The Morgan fingerprint density at radius 1 is 0.961 bits per heavy atom. The van der Waals surface area contributed by atoms with Crippen LogP contribution in [0.15, 0.2) is 72.3 Å². The number of amides is 4. The van der Waals surface area contributed by atoms with Crippen molar-refractivity contribution in [3.8, 4) is 17.2 Å². The summed E-state index contributed by atoms with van der Waals surface area (Å²) in [6.07, 6.45) is 2.32. The van der Waals surface area contributed by atoms with Gasteiger partial charge in [-0.25, -0.2) is 0 Å². The number of methoxy groups -OCH3 is 1. The van der Waals surface area contributed by atoms with Crippen molar-refractivity contribution < 1.29 is 33.8 Å². The lowest BCUT2D eigenvalue weighted by atomic mass is 9.49. The first-order valence-electron chi connectivity index (χ1n) is 17.0. The number of hydrogen-bond acceptors (Lipinski definition) is 8. The number of anilines is 1. The van der Waals surface area contributed by atoms with Gasteiger partial charge in [0.05, 0.1) is 47.6 Å². The van der Waals surface area contributed by atoms with E-state index in [4.69, 9.17) is 32.7 Å². The molecule has 10 nitrogen and oxygen atoms in total. The summed E-state index contributed by atoms with van der Waals surface area (Å²) in [6, 6.07) is 16.8. The molecule has 0 radical (unpaired) electrons. The zero-order chi connectivity index (χ0) is 36.6. The number of allylic oxidation sites excluding steroid dienone is 2. The van der Waals surface area contributed by atoms with Crippen LogP contribution in [0.1, 0.15) is 57.6 Å². The molecule has 1 saturated carbocycles. The number of likely N-dealkylation sites (tertiary alicyclic amines) is 1. The molecule has 51 heavy (non-hydrogen) atoms. The average molecular weight is 733 g/mol. The number of nitrogens with one attached hydrogen (secondary N) is 1. The first-order chi connectivity index (χ1) is 24.2. The van der Waals surface area contributed by atoms with Gasteiger partial charge in [-0.2, -0.15) is 5.01 Å². The first kappa shape index (κ1) is 34.9. The predicted molar refractivity (Wildman–Crippen MR) is 192 cm³/mol. The Kier molecular flexibility index (Phi) is 8.62. The van der Waals surface area contributed by atoms with E-state index < -0.39 is 52.4 Å². The maximum atomic E-state index is 15.4. The summed E-state index contributed by atoms with van der Waals surface area (Å²) >= 11 is 12.7. The Hall–Kier alpha value is -4.54. The number of halogens is 2. The third-order valence-corrected chi connectivity index (χ3v) is 11.4. The molecule has 2 aliphatic carbocycles. The van der Waals surface area contributed by atoms with Crippen LogP contribution >= 0.6 is 23.2 Å². The SMILES string of the molecule is CCOc1cccc([C@H]2C3=CC[C@@H]4C(=O)N(C(C)(C)C)C(=O)[C@@H]4[C@@H]3C[C@H]3C(=O)N(Nc4ccc(Cl)cc4Cl)C(=O)[C@@]23c2ccc(OC)cc2)c1O. The summed E-state index contributed by atoms with van der Waals surface area (Å²) in [7, 11) is 1.54. The number of phenolic OH excluding ortho intramolecular Hbond substituents is 1. The van der Waals surface area contributed by atoms with E-state index in [1.54, 1.807) is 61.5 Å². The molecular weight excluding hydrogens is 693 g/mol. The van der Waals surface area contributed by atoms with Gasteiger partial charge in [0, 0.05) is 22.0 Å². The van der Waals surface area contributed by atoms with Gasteiger partial charge in [-0.1, -0.05) is 59.1 Å². The molecule has 2 N–H and O–H groups in total. The van der Waals surface area contributed by atoms with Gasteiger partial charge in [-0.15, -0.1) is 0 Å². The predicted octanol–water partition coefficient (Wildman–Crippen LogP) is 6.89. The van der Waals surface area contributed by atoms with Crippen molar-refractivity contribution in [1.82, 2.24) is 9.91 Å². The highest BCUT2D eigenvalue weighted by Crippen LogP contribution is 2.65. The molecular formula is C39H39Cl2N3O7. The second-order valence-corrected chi connectivity index (χ2v) is 15.4. The third-order valence-electron chi connectivity index (χ3n) is 10.9. The molecule has 0 spiro atoms. The third kappa shape index (κ3) is 5.20. The van der Waals surface area contributed by atoms with E-state index in [1.807, 2.05) is 26.8 Å². The van der Waals surface area contributed by atoms with Crippen molar-refractivity contribution in [3.05, 3.63) is 93.5 Å². The van der Waals surface area contributed by atoms with E-state index in [-0.39, 0.29) is 53.5 Å². The van der Waals surface area contributed by atoms with Gasteiger partial charge in [0.15, 0.2) is 11.5 Å². The largest absolute Gasteiger partial charge is 0.504 e. The van der Waals surface area contributed by atoms with Gasteiger partial charge in [-0.05, 0) is 88.4 Å². The number of carbonyl (C=O) groups excluding carboxylic acids is 4. The number of para-hydroxylation sites is 1. The van der Waals surface area contributed by atoms with Crippen molar-refractivity contribution in [2.24, 2.45) is 23.7 Å². The van der Waals surface area contributed by atoms with Crippen molar-refractivity contribution in [1.29, 1.82) is 0 Å². The summed E-state index contributed by atoms with van der Waals surface area (Å²) in [4.78, 5) is 59.8. The van der Waals surface area contributed by atoms with Crippen molar-refractivity contribution in [2.45, 2.75) is 57.4 Å². The fraction of sp³-hybridized carbons (Fsp3) is 0.385. The molecule has 3 aromatic carbocycles. The van der Waals surface area contributed by atoms with E-state index in [0.717, 1.165) is 10.6 Å². The van der Waals surface area contributed by atoms with Crippen molar-refractivity contribution in [2.75, 3.05) is 19.1 Å². The fourth-order valence-corrected chi connectivity index (χ4v) is 9.34. The molecule has 0 unspecified atom stereocenters. The number of rotatable bonds is 7. The lowest BCUT2D eigenvalue weighted by Gasteiger charge is -2.50. The van der Waals surface area contributed by atoms with E-state index in [2.05, 4.69) is 5.43 Å². The zero-order valence-electron chi connectivity index (χ0n) is 28.9. The van der Waals surface area contributed by atoms with E-state index in [0.29, 0.717) is 21.9 Å². The van der Waals surface area contributed by atoms with Gasteiger partial charge in [-0.3, -0.25) is 29.5 Å². The summed E-state index contributed by atoms with van der Waals surface area (Å²) in [6.45, 7) is 7.56. The number of hydrogen-bond donors (Lipinski definition) is 2. The number of carbonyl (C=O) groups is 4. The number of hydrazine groups is 1. The molecule has 4 aliphatic rings. The van der Waals surface area contributed by atoms with Crippen LogP contribution < -0.4 is 14.9 Å². The lowest BCUT2D eigenvalue weighted by molar-refractivity contribution is -0.146. The Morgan fingerprint density at radius 3 is 2.33 bits per heavy atom. The van der Waals surface area contributed by atoms with Gasteiger partial charge < -0.3 is 14.6 Å². The van der Waals surface area contributed by atoms with E-state index in [1.165, 1.54) is 18.1 Å². The zero-order valence-corrected chi connectivity index (χ0v) is 30.4. The first-order valence-corrected chi connectivity index (χ1v) is 17.8. The minimum atomic E-state index is -1.61. The molecule has 6 atom stereocenters. The average Bonchev–Trinajstić information content (AvgIpc) is 3.48. The van der Waals surface area contributed by atoms with Crippen LogP contribution in [0.4, 0.5) is 5.69 Å². The lowest BCUT2D eigenvalue weighted by Crippen LogP contribution is -2.53. The molecule has 3 fully saturated rings. The maximum Gasteiger partial charge on any atom is 0.260 e. The molecule has 0 bridgehead atoms. The quantitative estimate of drug-likeness (QED) is 0.199. The second kappa shape index (κ2) is 12.6. The molecule has 266 valence electrons.